The topological polar surface area (TPSA) is 111 Å². The Balaban J connectivity index is 3.24. The molecule has 0 saturated carbocycles. The van der Waals surface area contributed by atoms with E-state index < -0.39 is 17.9 Å². The molecule has 1 aromatic rings. The molecule has 22 heavy (non-hydrogen) atoms. The van der Waals surface area contributed by atoms with Crippen LogP contribution in [0, 0.1) is 0 Å². The summed E-state index contributed by atoms with van der Waals surface area (Å²) in [5.74, 6) is -2.47. The van der Waals surface area contributed by atoms with E-state index in [1.165, 1.54) is 25.3 Å². The second-order valence-corrected chi connectivity index (χ2v) is 3.92. The van der Waals surface area contributed by atoms with Crippen molar-refractivity contribution in [2.75, 3.05) is 26.6 Å². The zero-order valence-corrected chi connectivity index (χ0v) is 12.2. The van der Waals surface area contributed by atoms with Crippen molar-refractivity contribution >= 4 is 23.6 Å². The molecule has 0 amide bonds. The third-order valence-corrected chi connectivity index (χ3v) is 2.58. The van der Waals surface area contributed by atoms with Gasteiger partial charge in [-0.1, -0.05) is 0 Å². The molecular weight excluding hydrogens is 294 g/mol. The summed E-state index contributed by atoms with van der Waals surface area (Å²) < 4.78 is 14.1. The second-order valence-electron chi connectivity index (χ2n) is 3.92. The van der Waals surface area contributed by atoms with Crippen LogP contribution < -0.4 is 10.1 Å². The van der Waals surface area contributed by atoms with Gasteiger partial charge in [0.25, 0.3) is 0 Å². The molecule has 2 N–H and O–H groups in total. The number of carbonyl (C=O) groups is 3. The lowest BCUT2D eigenvalue weighted by molar-refractivity contribution is -0.138. The van der Waals surface area contributed by atoms with E-state index >= 15 is 0 Å². The van der Waals surface area contributed by atoms with Gasteiger partial charge in [-0.05, 0) is 18.2 Å². The maximum absolute atomic E-state index is 11.7. The van der Waals surface area contributed by atoms with Crippen molar-refractivity contribution in [2.24, 2.45) is 0 Å². The smallest absolute Gasteiger partial charge is 0.354 e. The first-order valence-corrected chi connectivity index (χ1v) is 5.99. The van der Waals surface area contributed by atoms with Gasteiger partial charge >= 0.3 is 17.9 Å². The molecule has 0 radical (unpaired) electrons. The second kappa shape index (κ2) is 7.67. The van der Waals surface area contributed by atoms with Crippen LogP contribution in [-0.4, -0.2) is 44.3 Å². The summed E-state index contributed by atoms with van der Waals surface area (Å²) >= 11 is 0. The number of nitrogens with one attached hydrogen (secondary N) is 1. The molecule has 0 atom stereocenters. The standard InChI is InChI=1S/C14H15NO7/c1-20-11-5-4-8(13(17)18)6-9(11)15-10(14(19)22-3)7-12(16)21-2/h4-7,15H,1-3H3,(H,17,18)/b10-7+. The molecule has 0 saturated heterocycles. The van der Waals surface area contributed by atoms with E-state index in [0.717, 1.165) is 20.3 Å². The van der Waals surface area contributed by atoms with Crippen molar-refractivity contribution in [3.05, 3.63) is 35.5 Å². The quantitative estimate of drug-likeness (QED) is 0.592. The van der Waals surface area contributed by atoms with Crippen molar-refractivity contribution in [3.8, 4) is 5.75 Å². The Bertz CT molecular complexity index is 622. The first-order valence-electron chi connectivity index (χ1n) is 5.99. The van der Waals surface area contributed by atoms with Crippen LogP contribution in [0.5, 0.6) is 5.75 Å². The molecule has 0 fully saturated rings. The third-order valence-electron chi connectivity index (χ3n) is 2.58. The zero-order chi connectivity index (χ0) is 16.7. The van der Waals surface area contributed by atoms with Gasteiger partial charge in [-0.25, -0.2) is 14.4 Å². The maximum atomic E-state index is 11.7. The van der Waals surface area contributed by atoms with Gasteiger partial charge in [-0.3, -0.25) is 0 Å². The number of esters is 2. The number of methoxy groups -OCH3 is 3. The van der Waals surface area contributed by atoms with Crippen molar-refractivity contribution in [2.45, 2.75) is 0 Å². The summed E-state index contributed by atoms with van der Waals surface area (Å²) in [7, 11) is 3.67. The highest BCUT2D eigenvalue weighted by molar-refractivity contribution is 5.99. The first kappa shape index (κ1) is 17.0. The van der Waals surface area contributed by atoms with E-state index in [1.54, 1.807) is 0 Å². The average molecular weight is 309 g/mol. The van der Waals surface area contributed by atoms with E-state index in [9.17, 15) is 14.4 Å². The fourth-order valence-electron chi connectivity index (χ4n) is 1.52. The van der Waals surface area contributed by atoms with E-state index in [0.29, 0.717) is 0 Å². The van der Waals surface area contributed by atoms with Crippen LogP contribution in [0.1, 0.15) is 10.4 Å². The van der Waals surface area contributed by atoms with Gasteiger partial charge in [-0.2, -0.15) is 0 Å². The maximum Gasteiger partial charge on any atom is 0.354 e. The Morgan fingerprint density at radius 3 is 2.32 bits per heavy atom. The normalized spacial score (nSPS) is 10.6. The van der Waals surface area contributed by atoms with E-state index in [1.807, 2.05) is 0 Å². The molecule has 0 aliphatic carbocycles. The Morgan fingerprint density at radius 2 is 1.82 bits per heavy atom. The molecule has 8 nitrogen and oxygen atoms in total. The fourth-order valence-corrected chi connectivity index (χ4v) is 1.52. The molecular formula is C14H15NO7. The molecule has 0 aromatic heterocycles. The molecule has 1 aromatic carbocycles. The number of aromatic carboxylic acids is 1. The molecule has 0 bridgehead atoms. The molecule has 0 aliphatic heterocycles. The molecule has 0 aliphatic rings. The van der Waals surface area contributed by atoms with Gasteiger partial charge in [-0.15, -0.1) is 0 Å². The molecule has 118 valence electrons. The summed E-state index contributed by atoms with van der Waals surface area (Å²) in [6.07, 6.45) is 0.888. The summed E-state index contributed by atoms with van der Waals surface area (Å²) in [5, 5.41) is 11.6. The Kier molecular flexibility index (Phi) is 5.94. The largest absolute Gasteiger partial charge is 0.495 e. The van der Waals surface area contributed by atoms with Crippen LogP contribution in [-0.2, 0) is 19.1 Å². The van der Waals surface area contributed by atoms with E-state index in [2.05, 4.69) is 14.8 Å². The van der Waals surface area contributed by atoms with Crippen LogP contribution in [0.15, 0.2) is 30.0 Å². The minimum atomic E-state index is -1.15. The Labute approximate surface area is 126 Å². The number of benzene rings is 1. The minimum Gasteiger partial charge on any atom is -0.495 e. The fraction of sp³-hybridized carbons (Fsp3) is 0.214. The van der Waals surface area contributed by atoms with Crippen LogP contribution >= 0.6 is 0 Å². The predicted octanol–water partition coefficient (Wildman–Crippen LogP) is 1.04. The van der Waals surface area contributed by atoms with Crippen LogP contribution in [0.4, 0.5) is 5.69 Å². The summed E-state index contributed by atoms with van der Waals surface area (Å²) in [6.45, 7) is 0. The van der Waals surface area contributed by atoms with Gasteiger partial charge in [0, 0.05) is 0 Å². The van der Waals surface area contributed by atoms with Crippen molar-refractivity contribution in [1.82, 2.24) is 0 Å². The lowest BCUT2D eigenvalue weighted by atomic mass is 10.2. The summed E-state index contributed by atoms with van der Waals surface area (Å²) in [6, 6.07) is 4.02. The predicted molar refractivity (Wildman–Crippen MR) is 75.7 cm³/mol. The van der Waals surface area contributed by atoms with Crippen LogP contribution in [0.3, 0.4) is 0 Å². The third kappa shape index (κ3) is 4.23. The first-order chi connectivity index (χ1) is 10.4. The molecule has 0 heterocycles. The Hall–Kier alpha value is -3.03. The number of carboxylic acid groups (broad SMARTS) is 1. The molecule has 8 heteroatoms. The number of anilines is 1. The number of rotatable bonds is 6. The lowest BCUT2D eigenvalue weighted by Gasteiger charge is -2.13. The van der Waals surface area contributed by atoms with Crippen LogP contribution in [0.25, 0.3) is 0 Å². The highest BCUT2D eigenvalue weighted by atomic mass is 16.5. The summed E-state index contributed by atoms with van der Waals surface area (Å²) in [5.41, 5.74) is -0.0660. The van der Waals surface area contributed by atoms with Gasteiger partial charge < -0.3 is 24.6 Å². The zero-order valence-electron chi connectivity index (χ0n) is 12.2. The van der Waals surface area contributed by atoms with Crippen molar-refractivity contribution < 1.29 is 33.7 Å². The number of carbonyl (C=O) groups excluding carboxylic acids is 2. The SMILES string of the molecule is COC(=O)/C=C(/Nc1cc(C(=O)O)ccc1OC)C(=O)OC. The highest BCUT2D eigenvalue weighted by Gasteiger charge is 2.16. The van der Waals surface area contributed by atoms with Gasteiger partial charge in [0.15, 0.2) is 0 Å². The van der Waals surface area contributed by atoms with E-state index in [-0.39, 0.29) is 22.7 Å². The monoisotopic (exact) mass is 309 g/mol. The lowest BCUT2D eigenvalue weighted by Crippen LogP contribution is -2.16. The van der Waals surface area contributed by atoms with Crippen molar-refractivity contribution in [3.63, 3.8) is 0 Å². The van der Waals surface area contributed by atoms with E-state index in [4.69, 9.17) is 9.84 Å². The minimum absolute atomic E-state index is 0.0226. The molecule has 0 unspecified atom stereocenters. The van der Waals surface area contributed by atoms with Crippen molar-refractivity contribution in [1.29, 1.82) is 0 Å². The number of carboxylic acids is 1. The van der Waals surface area contributed by atoms with Gasteiger partial charge in [0.1, 0.15) is 11.4 Å². The van der Waals surface area contributed by atoms with Gasteiger partial charge in [0.2, 0.25) is 0 Å². The molecule has 1 rings (SSSR count). The summed E-state index contributed by atoms with van der Waals surface area (Å²) in [4.78, 5) is 34.0. The molecule has 0 spiro atoms. The highest BCUT2D eigenvalue weighted by Crippen LogP contribution is 2.27. The number of hydrogen-bond donors (Lipinski definition) is 2. The number of hydrogen-bond acceptors (Lipinski definition) is 7. The van der Waals surface area contributed by atoms with Gasteiger partial charge in [0.05, 0.1) is 38.7 Å². The number of ether oxygens (including phenoxy) is 3. The average Bonchev–Trinajstić information content (AvgIpc) is 2.52. The Morgan fingerprint density at radius 1 is 1.14 bits per heavy atom. The van der Waals surface area contributed by atoms with Crippen LogP contribution in [0.2, 0.25) is 0 Å².